The van der Waals surface area contributed by atoms with Crippen LogP contribution in [-0.4, -0.2) is 95.6 Å². The molecule has 0 N–H and O–H groups in total. The molecule has 8 nitrogen and oxygen atoms in total. The van der Waals surface area contributed by atoms with E-state index >= 15 is 0 Å². The Labute approximate surface area is 211 Å². The van der Waals surface area contributed by atoms with Gasteiger partial charge in [0.2, 0.25) is 0 Å². The summed E-state index contributed by atoms with van der Waals surface area (Å²) < 4.78 is 0. The Balaban J connectivity index is 1.14. The van der Waals surface area contributed by atoms with Crippen molar-refractivity contribution in [1.82, 2.24) is 19.6 Å². The topological polar surface area (TPSA) is 81.2 Å². The van der Waals surface area contributed by atoms with Crippen LogP contribution < -0.4 is 0 Å². The van der Waals surface area contributed by atoms with Crippen LogP contribution in [0.3, 0.4) is 0 Å². The van der Waals surface area contributed by atoms with Crippen LogP contribution >= 0.6 is 0 Å². The zero-order valence-corrected chi connectivity index (χ0v) is 20.5. The maximum atomic E-state index is 13.0. The predicted octanol–water partition coefficient (Wildman–Crippen LogP) is 2.76. The highest BCUT2D eigenvalue weighted by Crippen LogP contribution is 2.17. The molecule has 8 heteroatoms. The van der Waals surface area contributed by atoms with Gasteiger partial charge in [-0.1, -0.05) is 0 Å². The Morgan fingerprint density at radius 1 is 0.361 bits per heavy atom. The van der Waals surface area contributed by atoms with E-state index in [0.29, 0.717) is 48.4 Å². The molecule has 3 heterocycles. The lowest BCUT2D eigenvalue weighted by atomic mass is 10.1. The highest BCUT2D eigenvalue weighted by molar-refractivity contribution is 5.99. The van der Waals surface area contributed by atoms with E-state index in [4.69, 9.17) is 0 Å². The lowest BCUT2D eigenvalue weighted by molar-refractivity contribution is 0.0535. The first-order valence-electron chi connectivity index (χ1n) is 12.9. The summed E-state index contributed by atoms with van der Waals surface area (Å²) in [7, 11) is 0. The molecule has 188 valence electrons. The normalized spacial score (nSPS) is 18.0. The minimum Gasteiger partial charge on any atom is -0.339 e. The summed E-state index contributed by atoms with van der Waals surface area (Å²) >= 11 is 0. The molecule has 5 rings (SSSR count). The van der Waals surface area contributed by atoms with Gasteiger partial charge < -0.3 is 19.6 Å². The van der Waals surface area contributed by atoms with Gasteiger partial charge in [-0.2, -0.15) is 0 Å². The van der Waals surface area contributed by atoms with Crippen LogP contribution in [0, 0.1) is 0 Å². The quantitative estimate of drug-likeness (QED) is 0.663. The molecule has 2 aromatic rings. The molecule has 0 unspecified atom stereocenters. The Bertz CT molecular complexity index is 1030. The molecule has 2 aromatic carbocycles. The van der Waals surface area contributed by atoms with Crippen molar-refractivity contribution in [3.63, 3.8) is 0 Å². The first-order chi connectivity index (χ1) is 17.5. The number of piperazine rings is 1. The predicted molar refractivity (Wildman–Crippen MR) is 135 cm³/mol. The number of nitrogens with zero attached hydrogens (tertiary/aromatic N) is 4. The van der Waals surface area contributed by atoms with E-state index in [-0.39, 0.29) is 23.6 Å². The molecule has 3 aliphatic heterocycles. The van der Waals surface area contributed by atoms with Gasteiger partial charge in [-0.15, -0.1) is 0 Å². The first kappa shape index (κ1) is 24.0. The van der Waals surface area contributed by atoms with Crippen molar-refractivity contribution >= 4 is 23.6 Å². The maximum absolute atomic E-state index is 13.0. The molecule has 4 amide bonds. The Morgan fingerprint density at radius 2 is 0.556 bits per heavy atom. The van der Waals surface area contributed by atoms with Crippen LogP contribution in [0.15, 0.2) is 48.5 Å². The van der Waals surface area contributed by atoms with Gasteiger partial charge in [0.1, 0.15) is 0 Å². The third-order valence-corrected chi connectivity index (χ3v) is 7.40. The Hall–Kier alpha value is -3.68. The van der Waals surface area contributed by atoms with Crippen LogP contribution in [0.25, 0.3) is 0 Å². The van der Waals surface area contributed by atoms with E-state index in [2.05, 4.69) is 0 Å². The molecule has 0 saturated carbocycles. The van der Waals surface area contributed by atoms with Crippen molar-refractivity contribution < 1.29 is 19.2 Å². The SMILES string of the molecule is O=C(c1ccc(C(=O)N2CCN(C(=O)c3ccc(C(=O)N4CCCC4)cc3)CC2)cc1)N1CCCC1. The number of likely N-dealkylation sites (tertiary alicyclic amines) is 2. The monoisotopic (exact) mass is 488 g/mol. The minimum absolute atomic E-state index is 0.0204. The van der Waals surface area contributed by atoms with E-state index < -0.39 is 0 Å². The van der Waals surface area contributed by atoms with Crippen LogP contribution in [0.1, 0.15) is 67.1 Å². The molecule has 0 aliphatic carbocycles. The summed E-state index contributed by atoms with van der Waals surface area (Å²) in [5.74, 6) is -0.141. The van der Waals surface area contributed by atoms with E-state index in [1.54, 1.807) is 58.3 Å². The molecule has 0 spiro atoms. The standard InChI is InChI=1S/C28H32N4O4/c33-25(29-13-1-2-14-29)21-5-9-23(10-6-21)27(35)31-17-19-32(20-18-31)28(36)24-11-7-22(8-12-24)26(34)30-15-3-4-16-30/h5-12H,1-4,13-20H2. The second-order valence-corrected chi connectivity index (χ2v) is 9.74. The fraction of sp³-hybridized carbons (Fsp3) is 0.429. The third kappa shape index (κ3) is 4.98. The second-order valence-electron chi connectivity index (χ2n) is 9.74. The summed E-state index contributed by atoms with van der Waals surface area (Å²) in [4.78, 5) is 58.2. The van der Waals surface area contributed by atoms with Gasteiger partial charge >= 0.3 is 0 Å². The number of benzene rings is 2. The van der Waals surface area contributed by atoms with Gasteiger partial charge in [0.25, 0.3) is 23.6 Å². The van der Waals surface area contributed by atoms with Crippen LogP contribution in [0.5, 0.6) is 0 Å². The minimum atomic E-state index is -0.0907. The summed E-state index contributed by atoms with van der Waals surface area (Å²) in [6.45, 7) is 4.98. The summed E-state index contributed by atoms with van der Waals surface area (Å²) in [5.41, 5.74) is 2.31. The van der Waals surface area contributed by atoms with Gasteiger partial charge in [0, 0.05) is 74.6 Å². The Morgan fingerprint density at radius 3 is 0.778 bits per heavy atom. The molecule has 3 aliphatic rings. The second kappa shape index (κ2) is 10.5. The maximum Gasteiger partial charge on any atom is 0.253 e. The first-order valence-corrected chi connectivity index (χ1v) is 12.9. The molecule has 36 heavy (non-hydrogen) atoms. The fourth-order valence-corrected chi connectivity index (χ4v) is 5.19. The van der Waals surface area contributed by atoms with Gasteiger partial charge in [-0.05, 0) is 74.2 Å². The van der Waals surface area contributed by atoms with Crippen molar-refractivity contribution in [2.45, 2.75) is 25.7 Å². The number of amides is 4. The number of carbonyl (C=O) groups excluding carboxylic acids is 4. The van der Waals surface area contributed by atoms with Crippen LogP contribution in [0.4, 0.5) is 0 Å². The summed E-state index contributed by atoms with van der Waals surface area (Å²) in [5, 5.41) is 0. The van der Waals surface area contributed by atoms with Gasteiger partial charge in [-0.25, -0.2) is 0 Å². The smallest absolute Gasteiger partial charge is 0.253 e. The molecule has 0 radical (unpaired) electrons. The Kier molecular flexibility index (Phi) is 7.02. The van der Waals surface area contributed by atoms with E-state index in [1.807, 2.05) is 9.80 Å². The average Bonchev–Trinajstić information content (AvgIpc) is 3.67. The van der Waals surface area contributed by atoms with E-state index in [0.717, 1.165) is 51.9 Å². The molecule has 3 saturated heterocycles. The molecular formula is C28H32N4O4. The lowest BCUT2D eigenvalue weighted by Crippen LogP contribution is -2.50. The molecule has 0 atom stereocenters. The number of rotatable bonds is 4. The molecule has 3 fully saturated rings. The highest BCUT2D eigenvalue weighted by Gasteiger charge is 2.27. The van der Waals surface area contributed by atoms with Gasteiger partial charge in [0.05, 0.1) is 0 Å². The molecule has 0 aromatic heterocycles. The van der Waals surface area contributed by atoms with Crippen LogP contribution in [0.2, 0.25) is 0 Å². The van der Waals surface area contributed by atoms with E-state index in [1.165, 1.54) is 0 Å². The lowest BCUT2D eigenvalue weighted by Gasteiger charge is -2.35. The zero-order chi connectivity index (χ0) is 25.1. The van der Waals surface area contributed by atoms with Crippen molar-refractivity contribution in [3.8, 4) is 0 Å². The number of carbonyl (C=O) groups is 4. The van der Waals surface area contributed by atoms with Gasteiger partial charge in [-0.3, -0.25) is 19.2 Å². The average molecular weight is 489 g/mol. The van der Waals surface area contributed by atoms with E-state index in [9.17, 15) is 19.2 Å². The molecule has 0 bridgehead atoms. The third-order valence-electron chi connectivity index (χ3n) is 7.40. The van der Waals surface area contributed by atoms with Crippen molar-refractivity contribution in [2.24, 2.45) is 0 Å². The fourth-order valence-electron chi connectivity index (χ4n) is 5.19. The zero-order valence-electron chi connectivity index (χ0n) is 20.5. The number of hydrogen-bond donors (Lipinski definition) is 0. The van der Waals surface area contributed by atoms with Crippen LogP contribution in [-0.2, 0) is 0 Å². The molecular weight excluding hydrogens is 456 g/mol. The summed E-state index contributed by atoms with van der Waals surface area (Å²) in [6.07, 6.45) is 4.17. The largest absolute Gasteiger partial charge is 0.339 e. The summed E-state index contributed by atoms with van der Waals surface area (Å²) in [6, 6.07) is 13.8. The van der Waals surface area contributed by atoms with Crippen molar-refractivity contribution in [1.29, 1.82) is 0 Å². The van der Waals surface area contributed by atoms with Crippen molar-refractivity contribution in [3.05, 3.63) is 70.8 Å². The number of hydrogen-bond acceptors (Lipinski definition) is 4. The highest BCUT2D eigenvalue weighted by atomic mass is 16.2. The van der Waals surface area contributed by atoms with Gasteiger partial charge in [0.15, 0.2) is 0 Å². The van der Waals surface area contributed by atoms with Crippen molar-refractivity contribution in [2.75, 3.05) is 52.4 Å².